The highest BCUT2D eigenvalue weighted by molar-refractivity contribution is 5.99. The van der Waals surface area contributed by atoms with Crippen molar-refractivity contribution in [1.29, 1.82) is 0 Å². The van der Waals surface area contributed by atoms with Crippen LogP contribution in [0.3, 0.4) is 0 Å². The van der Waals surface area contributed by atoms with Crippen molar-refractivity contribution in [1.82, 2.24) is 0 Å². The summed E-state index contributed by atoms with van der Waals surface area (Å²) in [5.74, 6) is -0.227. The molecule has 0 saturated heterocycles. The van der Waals surface area contributed by atoms with Crippen molar-refractivity contribution >= 4 is 11.8 Å². The SMILES string of the molecule is CC(=O)c1cccc(C)c1OC(=O)c1ccccc1C. The van der Waals surface area contributed by atoms with Gasteiger partial charge in [0.1, 0.15) is 5.75 Å². The third kappa shape index (κ3) is 2.77. The number of aryl methyl sites for hydroxylation is 2. The molecular formula is C17H16O3. The summed E-state index contributed by atoms with van der Waals surface area (Å²) in [6, 6.07) is 12.5. The lowest BCUT2D eigenvalue weighted by atomic mass is 10.1. The van der Waals surface area contributed by atoms with Gasteiger partial charge in [0, 0.05) is 0 Å². The van der Waals surface area contributed by atoms with Gasteiger partial charge in [-0.25, -0.2) is 4.79 Å². The molecule has 2 rings (SSSR count). The van der Waals surface area contributed by atoms with E-state index in [1.807, 2.05) is 32.0 Å². The molecule has 0 unspecified atom stereocenters. The average Bonchev–Trinajstić information content (AvgIpc) is 2.41. The lowest BCUT2D eigenvalue weighted by Gasteiger charge is -2.12. The highest BCUT2D eigenvalue weighted by Crippen LogP contribution is 2.25. The van der Waals surface area contributed by atoms with Crippen LogP contribution in [0.2, 0.25) is 0 Å². The van der Waals surface area contributed by atoms with E-state index in [0.29, 0.717) is 16.9 Å². The molecule has 0 radical (unpaired) electrons. The lowest BCUT2D eigenvalue weighted by Crippen LogP contribution is -2.13. The number of Topliss-reactive ketones (excluding diaryl/α,β-unsaturated/α-hetero) is 1. The monoisotopic (exact) mass is 268 g/mol. The van der Waals surface area contributed by atoms with Gasteiger partial charge in [0.05, 0.1) is 11.1 Å². The van der Waals surface area contributed by atoms with Crippen LogP contribution in [0.5, 0.6) is 5.75 Å². The zero-order chi connectivity index (χ0) is 14.7. The quantitative estimate of drug-likeness (QED) is 0.484. The number of rotatable bonds is 3. The molecule has 0 aliphatic heterocycles. The Balaban J connectivity index is 2.38. The number of hydrogen-bond donors (Lipinski definition) is 0. The first-order chi connectivity index (χ1) is 9.50. The molecule has 0 fully saturated rings. The largest absolute Gasteiger partial charge is 0.422 e. The zero-order valence-electron chi connectivity index (χ0n) is 11.8. The minimum Gasteiger partial charge on any atom is -0.422 e. The van der Waals surface area contributed by atoms with E-state index in [9.17, 15) is 9.59 Å². The smallest absolute Gasteiger partial charge is 0.343 e. The van der Waals surface area contributed by atoms with Crippen LogP contribution >= 0.6 is 0 Å². The molecule has 2 aromatic rings. The molecule has 0 bridgehead atoms. The summed E-state index contributed by atoms with van der Waals surface area (Å²) >= 11 is 0. The second kappa shape index (κ2) is 5.70. The fourth-order valence-electron chi connectivity index (χ4n) is 2.01. The van der Waals surface area contributed by atoms with E-state index in [0.717, 1.165) is 11.1 Å². The Kier molecular flexibility index (Phi) is 3.99. The first-order valence-electron chi connectivity index (χ1n) is 6.39. The molecule has 102 valence electrons. The highest BCUT2D eigenvalue weighted by Gasteiger charge is 2.17. The molecule has 0 spiro atoms. The number of hydrogen-bond acceptors (Lipinski definition) is 3. The van der Waals surface area contributed by atoms with E-state index < -0.39 is 5.97 Å². The number of ketones is 1. The number of esters is 1. The molecule has 0 N–H and O–H groups in total. The molecule has 0 saturated carbocycles. The summed E-state index contributed by atoms with van der Waals surface area (Å²) in [5.41, 5.74) is 2.53. The molecule has 0 heterocycles. The second-order valence-corrected chi connectivity index (χ2v) is 4.71. The Labute approximate surface area is 118 Å². The first-order valence-corrected chi connectivity index (χ1v) is 6.39. The normalized spacial score (nSPS) is 10.2. The van der Waals surface area contributed by atoms with Gasteiger partial charge in [-0.2, -0.15) is 0 Å². The number of para-hydroxylation sites is 1. The van der Waals surface area contributed by atoms with Gasteiger partial charge in [0.15, 0.2) is 5.78 Å². The molecule has 20 heavy (non-hydrogen) atoms. The van der Waals surface area contributed by atoms with Crippen LogP contribution in [0.4, 0.5) is 0 Å². The van der Waals surface area contributed by atoms with Gasteiger partial charge in [-0.1, -0.05) is 30.3 Å². The van der Waals surface area contributed by atoms with Crippen molar-refractivity contribution in [2.24, 2.45) is 0 Å². The summed E-state index contributed by atoms with van der Waals surface area (Å²) in [4.78, 5) is 23.8. The third-order valence-corrected chi connectivity index (χ3v) is 3.15. The summed E-state index contributed by atoms with van der Waals surface area (Å²) in [5, 5.41) is 0. The Morgan fingerprint density at radius 1 is 0.850 bits per heavy atom. The van der Waals surface area contributed by atoms with Crippen molar-refractivity contribution in [2.75, 3.05) is 0 Å². The van der Waals surface area contributed by atoms with Gasteiger partial charge in [0.25, 0.3) is 0 Å². The highest BCUT2D eigenvalue weighted by atomic mass is 16.5. The van der Waals surface area contributed by atoms with Gasteiger partial charge in [0.2, 0.25) is 0 Å². The number of ether oxygens (including phenoxy) is 1. The average molecular weight is 268 g/mol. The minimum atomic E-state index is -0.445. The summed E-state index contributed by atoms with van der Waals surface area (Å²) in [7, 11) is 0. The molecular weight excluding hydrogens is 252 g/mol. The van der Waals surface area contributed by atoms with Gasteiger partial charge >= 0.3 is 5.97 Å². The lowest BCUT2D eigenvalue weighted by molar-refractivity contribution is 0.0731. The molecule has 0 atom stereocenters. The summed E-state index contributed by atoms with van der Waals surface area (Å²) < 4.78 is 5.44. The van der Waals surface area contributed by atoms with Crippen molar-refractivity contribution in [3.63, 3.8) is 0 Å². The summed E-state index contributed by atoms with van der Waals surface area (Å²) in [6.07, 6.45) is 0. The predicted molar refractivity (Wildman–Crippen MR) is 77.3 cm³/mol. The Hall–Kier alpha value is -2.42. The maximum absolute atomic E-state index is 12.2. The van der Waals surface area contributed by atoms with Crippen LogP contribution in [0, 0.1) is 13.8 Å². The van der Waals surface area contributed by atoms with Crippen LogP contribution < -0.4 is 4.74 Å². The Morgan fingerprint density at radius 3 is 2.10 bits per heavy atom. The minimum absolute atomic E-state index is 0.124. The number of benzene rings is 2. The maximum Gasteiger partial charge on any atom is 0.343 e. The van der Waals surface area contributed by atoms with Crippen LogP contribution in [0.25, 0.3) is 0 Å². The van der Waals surface area contributed by atoms with Crippen LogP contribution in [0.1, 0.15) is 38.8 Å². The van der Waals surface area contributed by atoms with Crippen LogP contribution in [-0.2, 0) is 0 Å². The molecule has 2 aromatic carbocycles. The first kappa shape index (κ1) is 14.0. The molecule has 0 aromatic heterocycles. The Morgan fingerprint density at radius 2 is 1.45 bits per heavy atom. The topological polar surface area (TPSA) is 43.4 Å². The van der Waals surface area contributed by atoms with E-state index in [4.69, 9.17) is 4.74 Å². The van der Waals surface area contributed by atoms with Gasteiger partial charge in [-0.15, -0.1) is 0 Å². The van der Waals surface area contributed by atoms with E-state index >= 15 is 0 Å². The van der Waals surface area contributed by atoms with Crippen LogP contribution in [-0.4, -0.2) is 11.8 Å². The van der Waals surface area contributed by atoms with Crippen molar-refractivity contribution in [2.45, 2.75) is 20.8 Å². The van der Waals surface area contributed by atoms with Crippen molar-refractivity contribution < 1.29 is 14.3 Å². The van der Waals surface area contributed by atoms with Gasteiger partial charge < -0.3 is 4.74 Å². The molecule has 3 nitrogen and oxygen atoms in total. The van der Waals surface area contributed by atoms with E-state index in [2.05, 4.69) is 0 Å². The molecule has 0 aliphatic rings. The van der Waals surface area contributed by atoms with Gasteiger partial charge in [-0.05, 0) is 44.0 Å². The number of carbonyl (C=O) groups is 2. The van der Waals surface area contributed by atoms with Crippen molar-refractivity contribution in [3.05, 3.63) is 64.7 Å². The van der Waals surface area contributed by atoms with Gasteiger partial charge in [-0.3, -0.25) is 4.79 Å². The van der Waals surface area contributed by atoms with Crippen molar-refractivity contribution in [3.8, 4) is 5.75 Å². The fourth-order valence-corrected chi connectivity index (χ4v) is 2.01. The predicted octanol–water partition coefficient (Wildman–Crippen LogP) is 3.73. The fraction of sp³-hybridized carbons (Fsp3) is 0.176. The summed E-state index contributed by atoms with van der Waals surface area (Å²) in [6.45, 7) is 5.12. The second-order valence-electron chi connectivity index (χ2n) is 4.71. The van der Waals surface area contributed by atoms with E-state index in [1.54, 1.807) is 24.3 Å². The van der Waals surface area contributed by atoms with E-state index in [-0.39, 0.29) is 5.78 Å². The molecule has 0 aliphatic carbocycles. The van der Waals surface area contributed by atoms with E-state index in [1.165, 1.54) is 6.92 Å². The maximum atomic E-state index is 12.2. The molecule has 3 heteroatoms. The molecule has 0 amide bonds. The zero-order valence-corrected chi connectivity index (χ0v) is 11.8. The van der Waals surface area contributed by atoms with Crippen LogP contribution in [0.15, 0.2) is 42.5 Å². The Bertz CT molecular complexity index is 672. The third-order valence-electron chi connectivity index (χ3n) is 3.15. The number of carbonyl (C=O) groups excluding carboxylic acids is 2. The standard InChI is InChI=1S/C17H16O3/c1-11-7-4-5-9-14(11)17(19)20-16-12(2)8-6-10-15(16)13(3)18/h4-10H,1-3H3.